The first-order valence-corrected chi connectivity index (χ1v) is 5.38. The van der Waals surface area contributed by atoms with E-state index in [9.17, 15) is 0 Å². The third kappa shape index (κ3) is 3.71. The van der Waals surface area contributed by atoms with Crippen LogP contribution in [-0.2, 0) is 0 Å². The van der Waals surface area contributed by atoms with Gasteiger partial charge in [0.1, 0.15) is 11.1 Å². The molecule has 0 unspecified atom stereocenters. The fraction of sp³-hybridized carbons (Fsp3) is 0.400. The molecule has 3 nitrogen and oxygen atoms in total. The number of aromatic nitrogens is 1. The summed E-state index contributed by atoms with van der Waals surface area (Å²) in [6.45, 7) is 4.46. The van der Waals surface area contributed by atoms with Gasteiger partial charge in [-0.05, 0) is 25.5 Å². The predicted octanol–water partition coefficient (Wildman–Crippen LogP) is 2.04. The van der Waals surface area contributed by atoms with Crippen molar-refractivity contribution in [2.75, 3.05) is 12.3 Å². The van der Waals surface area contributed by atoms with E-state index in [2.05, 4.69) is 11.1 Å². The quantitative estimate of drug-likeness (QED) is 0.826. The molecule has 0 radical (unpaired) electrons. The molecule has 0 aliphatic carbocycles. The van der Waals surface area contributed by atoms with E-state index in [0.29, 0.717) is 12.1 Å². The Balaban J connectivity index is 0.00000196. The molecule has 0 spiro atoms. The lowest BCUT2D eigenvalue weighted by Gasteiger charge is -2.05. The zero-order valence-corrected chi connectivity index (χ0v) is 10.4. The van der Waals surface area contributed by atoms with E-state index < -0.39 is 0 Å². The van der Waals surface area contributed by atoms with Crippen LogP contribution in [-0.4, -0.2) is 17.3 Å². The summed E-state index contributed by atoms with van der Waals surface area (Å²) >= 11 is 1.54. The average Bonchev–Trinajstić information content (AvgIpc) is 2.14. The summed E-state index contributed by atoms with van der Waals surface area (Å²) in [4.78, 5) is 4.33. The molecule has 0 amide bonds. The minimum atomic E-state index is 0. The van der Waals surface area contributed by atoms with Crippen LogP contribution < -0.4 is 5.73 Å². The number of nitrogens with two attached hydrogens (primary N) is 1. The van der Waals surface area contributed by atoms with Gasteiger partial charge in [0.2, 0.25) is 0 Å². The minimum Gasteiger partial charge on any atom is -0.330 e. The van der Waals surface area contributed by atoms with Crippen LogP contribution in [0.1, 0.15) is 16.8 Å². The number of thioether (sulfide) groups is 1. The van der Waals surface area contributed by atoms with Crippen LogP contribution in [0.25, 0.3) is 0 Å². The van der Waals surface area contributed by atoms with Crippen LogP contribution in [0.15, 0.2) is 11.1 Å². The Hall–Kier alpha value is -0.760. The molecule has 0 aliphatic heterocycles. The summed E-state index contributed by atoms with van der Waals surface area (Å²) in [5.74, 6) is 0.796. The number of pyridine rings is 1. The lowest BCUT2D eigenvalue weighted by atomic mass is 10.1. The number of hydrogen-bond acceptors (Lipinski definition) is 4. The Morgan fingerprint density at radius 3 is 2.73 bits per heavy atom. The van der Waals surface area contributed by atoms with Gasteiger partial charge in [0.05, 0.1) is 5.56 Å². The van der Waals surface area contributed by atoms with Crippen molar-refractivity contribution in [1.29, 1.82) is 5.26 Å². The van der Waals surface area contributed by atoms with E-state index in [1.807, 2.05) is 19.9 Å². The number of halogens is 1. The first-order valence-electron chi connectivity index (χ1n) is 4.40. The van der Waals surface area contributed by atoms with E-state index in [0.717, 1.165) is 22.0 Å². The number of hydrogen-bond donors (Lipinski definition) is 1. The molecule has 0 aromatic carbocycles. The molecule has 0 fully saturated rings. The molecule has 5 heteroatoms. The maximum atomic E-state index is 8.95. The highest BCUT2D eigenvalue weighted by Crippen LogP contribution is 2.22. The lowest BCUT2D eigenvalue weighted by Crippen LogP contribution is -2.03. The fourth-order valence-electron chi connectivity index (χ4n) is 1.20. The zero-order valence-electron chi connectivity index (χ0n) is 8.78. The second-order valence-electron chi connectivity index (χ2n) is 3.01. The third-order valence-corrected chi connectivity index (χ3v) is 2.79. The zero-order chi connectivity index (χ0) is 10.6. The summed E-state index contributed by atoms with van der Waals surface area (Å²) in [7, 11) is 0. The summed E-state index contributed by atoms with van der Waals surface area (Å²) < 4.78 is 0. The normalized spacial score (nSPS) is 9.20. The van der Waals surface area contributed by atoms with Crippen LogP contribution in [0.3, 0.4) is 0 Å². The second kappa shape index (κ2) is 6.67. The summed E-state index contributed by atoms with van der Waals surface area (Å²) in [6.07, 6.45) is 0. The highest BCUT2D eigenvalue weighted by atomic mass is 35.5. The molecule has 0 bridgehead atoms. The van der Waals surface area contributed by atoms with Crippen molar-refractivity contribution in [1.82, 2.24) is 4.98 Å². The van der Waals surface area contributed by atoms with Gasteiger partial charge in [0, 0.05) is 18.0 Å². The van der Waals surface area contributed by atoms with E-state index in [-0.39, 0.29) is 12.4 Å². The van der Waals surface area contributed by atoms with E-state index in [1.54, 1.807) is 11.8 Å². The van der Waals surface area contributed by atoms with Gasteiger partial charge < -0.3 is 5.73 Å². The van der Waals surface area contributed by atoms with Crippen LogP contribution >= 0.6 is 24.2 Å². The third-order valence-electron chi connectivity index (χ3n) is 1.78. The smallest absolute Gasteiger partial charge is 0.114 e. The number of nitrogens with zero attached hydrogens (tertiary/aromatic N) is 2. The van der Waals surface area contributed by atoms with Crippen molar-refractivity contribution < 1.29 is 0 Å². The molecular weight excluding hydrogens is 230 g/mol. The summed E-state index contributed by atoms with van der Waals surface area (Å²) in [5, 5.41) is 9.76. The van der Waals surface area contributed by atoms with Crippen molar-refractivity contribution in [3.8, 4) is 6.07 Å². The monoisotopic (exact) mass is 243 g/mol. The Morgan fingerprint density at radius 2 is 2.20 bits per heavy atom. The van der Waals surface area contributed by atoms with Crippen molar-refractivity contribution in [2.24, 2.45) is 5.73 Å². The molecule has 1 heterocycles. The Bertz CT molecular complexity index is 374. The molecule has 0 atom stereocenters. The Kier molecular flexibility index (Phi) is 6.34. The van der Waals surface area contributed by atoms with Gasteiger partial charge in [-0.2, -0.15) is 5.26 Å². The topological polar surface area (TPSA) is 62.7 Å². The van der Waals surface area contributed by atoms with E-state index >= 15 is 0 Å². The van der Waals surface area contributed by atoms with Gasteiger partial charge in [-0.3, -0.25) is 0 Å². The summed E-state index contributed by atoms with van der Waals surface area (Å²) in [6, 6.07) is 4.10. The maximum Gasteiger partial charge on any atom is 0.114 e. The SMILES string of the molecule is Cc1cc(C)c(C#N)c(SCCN)n1.Cl. The van der Waals surface area contributed by atoms with Gasteiger partial charge in [-0.15, -0.1) is 24.2 Å². The molecule has 1 aromatic rings. The second-order valence-corrected chi connectivity index (χ2v) is 4.09. The van der Waals surface area contributed by atoms with Crippen LogP contribution in [0.5, 0.6) is 0 Å². The molecule has 2 N–H and O–H groups in total. The molecule has 0 saturated heterocycles. The molecule has 0 aliphatic rings. The lowest BCUT2D eigenvalue weighted by molar-refractivity contribution is 1.02. The molecule has 1 rings (SSSR count). The maximum absolute atomic E-state index is 8.95. The van der Waals surface area contributed by atoms with Gasteiger partial charge >= 0.3 is 0 Å². The summed E-state index contributed by atoms with van der Waals surface area (Å²) in [5.41, 5.74) is 8.02. The number of aryl methyl sites for hydroxylation is 2. The standard InChI is InChI=1S/C10H13N3S.ClH/c1-7-5-8(2)13-10(9(7)6-12)14-4-3-11;/h5H,3-4,11H2,1-2H3;1H. The van der Waals surface area contributed by atoms with Crippen LogP contribution in [0.4, 0.5) is 0 Å². The van der Waals surface area contributed by atoms with E-state index in [4.69, 9.17) is 11.0 Å². The van der Waals surface area contributed by atoms with Gasteiger partial charge in [0.15, 0.2) is 0 Å². The molecule has 82 valence electrons. The largest absolute Gasteiger partial charge is 0.330 e. The Morgan fingerprint density at radius 1 is 1.53 bits per heavy atom. The molecule has 0 saturated carbocycles. The van der Waals surface area contributed by atoms with Crippen molar-refractivity contribution in [2.45, 2.75) is 18.9 Å². The minimum absolute atomic E-state index is 0. The molecular formula is C10H14ClN3S. The molecule has 1 aromatic heterocycles. The first-order chi connectivity index (χ1) is 6.69. The van der Waals surface area contributed by atoms with Crippen LogP contribution in [0.2, 0.25) is 0 Å². The molecule has 15 heavy (non-hydrogen) atoms. The van der Waals surface area contributed by atoms with Crippen molar-refractivity contribution >= 4 is 24.2 Å². The number of nitriles is 1. The average molecular weight is 244 g/mol. The highest BCUT2D eigenvalue weighted by molar-refractivity contribution is 7.99. The van der Waals surface area contributed by atoms with Crippen molar-refractivity contribution in [3.05, 3.63) is 22.9 Å². The Labute approximate surface area is 100 Å². The van der Waals surface area contributed by atoms with Gasteiger partial charge in [-0.25, -0.2) is 4.98 Å². The first kappa shape index (κ1) is 14.2. The van der Waals surface area contributed by atoms with Gasteiger partial charge in [0.25, 0.3) is 0 Å². The number of rotatable bonds is 3. The highest BCUT2D eigenvalue weighted by Gasteiger charge is 2.07. The van der Waals surface area contributed by atoms with Gasteiger partial charge in [-0.1, -0.05) is 0 Å². The van der Waals surface area contributed by atoms with E-state index in [1.165, 1.54) is 0 Å². The fourth-order valence-corrected chi connectivity index (χ4v) is 2.07. The van der Waals surface area contributed by atoms with Crippen LogP contribution in [0, 0.1) is 25.2 Å². The predicted molar refractivity (Wildman–Crippen MR) is 65.5 cm³/mol. The van der Waals surface area contributed by atoms with Crippen molar-refractivity contribution in [3.63, 3.8) is 0 Å².